The summed E-state index contributed by atoms with van der Waals surface area (Å²) in [7, 11) is 1.25. The van der Waals surface area contributed by atoms with Crippen molar-refractivity contribution in [2.75, 3.05) is 25.1 Å². The molecule has 1 fully saturated rings. The van der Waals surface area contributed by atoms with Gasteiger partial charge in [-0.25, -0.2) is 4.79 Å². The van der Waals surface area contributed by atoms with Crippen molar-refractivity contribution in [3.05, 3.63) is 40.5 Å². The zero-order valence-corrected chi connectivity index (χ0v) is 22.1. The standard InChI is InChI=1S/C21H24N8O5S3/c1-34-20(32)16-13(36-12-4-6-24-8-10(12)9-35-7-5-22)3-2-11-14(19(31)29(11)16)25-18(30)15(27-33)17-26-21(23)37-28-17/h4,6,8,11,14,33H,2-3,5,7,9,22H2,1H3,(H,25,30)(H2,23,26,28)/b27-15-. The molecule has 1 saturated heterocycles. The van der Waals surface area contributed by atoms with E-state index >= 15 is 0 Å². The quantitative estimate of drug-likeness (QED) is 0.0781. The molecule has 37 heavy (non-hydrogen) atoms. The van der Waals surface area contributed by atoms with Gasteiger partial charge >= 0.3 is 5.97 Å². The molecule has 0 bridgehead atoms. The number of carbonyl (C=O) groups is 3. The molecule has 0 aromatic carbocycles. The van der Waals surface area contributed by atoms with Gasteiger partial charge in [0.1, 0.15) is 11.7 Å². The number of rotatable bonds is 10. The molecule has 6 N–H and O–H groups in total. The molecule has 0 aliphatic carbocycles. The lowest BCUT2D eigenvalue weighted by Crippen LogP contribution is -2.72. The van der Waals surface area contributed by atoms with Gasteiger partial charge in [0.05, 0.1) is 13.2 Å². The van der Waals surface area contributed by atoms with Crippen LogP contribution in [0.4, 0.5) is 5.13 Å². The van der Waals surface area contributed by atoms with Crippen LogP contribution in [0.25, 0.3) is 0 Å². The molecule has 4 heterocycles. The summed E-state index contributed by atoms with van der Waals surface area (Å²) in [5.41, 5.74) is 11.8. The van der Waals surface area contributed by atoms with E-state index in [1.165, 1.54) is 23.8 Å². The number of thioether (sulfide) groups is 2. The lowest BCUT2D eigenvalue weighted by atomic mass is 9.86. The molecule has 2 amide bonds. The first kappa shape index (κ1) is 26.8. The molecule has 4 rings (SSSR count). The molecule has 2 atom stereocenters. The Morgan fingerprint density at radius 2 is 2.24 bits per heavy atom. The number of anilines is 1. The molecular formula is C21H24N8O5S3. The highest BCUT2D eigenvalue weighted by molar-refractivity contribution is 8.03. The van der Waals surface area contributed by atoms with Gasteiger partial charge in [-0.1, -0.05) is 16.9 Å². The second-order valence-electron chi connectivity index (χ2n) is 7.86. The number of ether oxygens (including phenoxy) is 1. The summed E-state index contributed by atoms with van der Waals surface area (Å²) in [5.74, 6) is -0.589. The third-order valence-electron chi connectivity index (χ3n) is 5.64. The van der Waals surface area contributed by atoms with E-state index in [9.17, 15) is 19.6 Å². The molecule has 2 aliphatic heterocycles. The minimum Gasteiger partial charge on any atom is -0.464 e. The van der Waals surface area contributed by atoms with Gasteiger partial charge in [-0.3, -0.25) is 19.5 Å². The molecule has 0 radical (unpaired) electrons. The fraction of sp³-hybridized carbons (Fsp3) is 0.381. The first-order valence-electron chi connectivity index (χ1n) is 11.0. The van der Waals surface area contributed by atoms with Gasteiger partial charge in [-0.05, 0) is 24.5 Å². The second-order valence-corrected chi connectivity index (χ2v) is 10.9. The molecule has 196 valence electrons. The molecular weight excluding hydrogens is 540 g/mol. The van der Waals surface area contributed by atoms with Crippen molar-refractivity contribution in [3.8, 4) is 0 Å². The summed E-state index contributed by atoms with van der Waals surface area (Å²) in [4.78, 5) is 49.7. The Bertz CT molecular complexity index is 1270. The van der Waals surface area contributed by atoms with Gasteiger partial charge in [0.2, 0.25) is 11.5 Å². The summed E-state index contributed by atoms with van der Waals surface area (Å²) >= 11 is 3.92. The fourth-order valence-corrected chi connectivity index (χ4v) is 6.40. The van der Waals surface area contributed by atoms with Crippen LogP contribution in [0.5, 0.6) is 0 Å². The van der Waals surface area contributed by atoms with E-state index in [2.05, 4.69) is 24.8 Å². The van der Waals surface area contributed by atoms with Crippen LogP contribution >= 0.6 is 35.1 Å². The number of nitrogens with one attached hydrogen (secondary N) is 1. The second kappa shape index (κ2) is 11.9. The maximum Gasteiger partial charge on any atom is 0.355 e. The number of amides is 2. The van der Waals surface area contributed by atoms with Crippen molar-refractivity contribution in [3.63, 3.8) is 0 Å². The predicted octanol–water partition coefficient (Wildman–Crippen LogP) is 0.552. The number of carbonyl (C=O) groups excluding carboxylic acids is 3. The normalized spacial score (nSPS) is 19.4. The Morgan fingerprint density at radius 1 is 1.43 bits per heavy atom. The van der Waals surface area contributed by atoms with E-state index in [0.717, 1.165) is 27.7 Å². The Hall–Kier alpha value is -3.21. The van der Waals surface area contributed by atoms with E-state index in [1.54, 1.807) is 24.2 Å². The largest absolute Gasteiger partial charge is 0.464 e. The summed E-state index contributed by atoms with van der Waals surface area (Å²) in [6.07, 6.45) is 4.43. The number of nitrogen functional groups attached to an aromatic ring is 1. The number of β-lactam (4-membered cyclic amide) rings is 1. The van der Waals surface area contributed by atoms with Crippen molar-refractivity contribution in [2.24, 2.45) is 10.9 Å². The van der Waals surface area contributed by atoms with Crippen LogP contribution < -0.4 is 16.8 Å². The molecule has 2 aliphatic rings. The topological polar surface area (TPSA) is 199 Å². The van der Waals surface area contributed by atoms with Crippen LogP contribution in [0, 0.1) is 0 Å². The van der Waals surface area contributed by atoms with Gasteiger partial charge in [0, 0.05) is 51.8 Å². The van der Waals surface area contributed by atoms with E-state index in [4.69, 9.17) is 16.2 Å². The number of methoxy groups -OCH3 is 1. The number of nitrogens with two attached hydrogens (primary N) is 2. The number of hydrogen-bond donors (Lipinski definition) is 4. The number of nitrogens with zero attached hydrogens (tertiary/aromatic N) is 5. The van der Waals surface area contributed by atoms with Crippen molar-refractivity contribution in [1.29, 1.82) is 0 Å². The van der Waals surface area contributed by atoms with Crippen LogP contribution in [0.15, 0.2) is 39.1 Å². The molecule has 0 saturated carbocycles. The van der Waals surface area contributed by atoms with Crippen LogP contribution in [-0.4, -0.2) is 79.4 Å². The number of aromatic nitrogens is 3. The van der Waals surface area contributed by atoms with Gasteiger partial charge < -0.3 is 26.7 Å². The first-order chi connectivity index (χ1) is 17.9. The Labute approximate surface area is 224 Å². The molecule has 13 nitrogen and oxygen atoms in total. The van der Waals surface area contributed by atoms with Crippen LogP contribution in [0.1, 0.15) is 24.2 Å². The van der Waals surface area contributed by atoms with E-state index in [-0.39, 0.29) is 16.7 Å². The lowest BCUT2D eigenvalue weighted by molar-refractivity contribution is -0.156. The summed E-state index contributed by atoms with van der Waals surface area (Å²) in [6, 6.07) is 0.475. The monoisotopic (exact) mass is 564 g/mol. The molecule has 0 spiro atoms. The van der Waals surface area contributed by atoms with Crippen molar-refractivity contribution >= 4 is 63.7 Å². The Morgan fingerprint density at radius 3 is 2.92 bits per heavy atom. The van der Waals surface area contributed by atoms with E-state index < -0.39 is 35.6 Å². The van der Waals surface area contributed by atoms with Crippen molar-refractivity contribution in [1.82, 2.24) is 24.6 Å². The highest BCUT2D eigenvalue weighted by Gasteiger charge is 2.54. The van der Waals surface area contributed by atoms with Gasteiger partial charge in [-0.2, -0.15) is 21.1 Å². The minimum absolute atomic E-state index is 0.0929. The van der Waals surface area contributed by atoms with Crippen LogP contribution in [-0.2, 0) is 24.9 Å². The first-order valence-corrected chi connectivity index (χ1v) is 13.8. The van der Waals surface area contributed by atoms with Crippen molar-refractivity contribution in [2.45, 2.75) is 35.6 Å². The average Bonchev–Trinajstić information content (AvgIpc) is 3.33. The number of hydrogen-bond acceptors (Lipinski definition) is 14. The molecule has 2 aromatic rings. The molecule has 2 aromatic heterocycles. The number of pyridine rings is 1. The smallest absolute Gasteiger partial charge is 0.355 e. The summed E-state index contributed by atoms with van der Waals surface area (Å²) in [5, 5.41) is 14.9. The summed E-state index contributed by atoms with van der Waals surface area (Å²) in [6.45, 7) is 0.571. The fourth-order valence-electron chi connectivity index (χ4n) is 3.97. The highest BCUT2D eigenvalue weighted by Crippen LogP contribution is 2.44. The molecule has 2 unspecified atom stereocenters. The van der Waals surface area contributed by atoms with Crippen LogP contribution in [0.2, 0.25) is 0 Å². The zero-order valence-electron chi connectivity index (χ0n) is 19.6. The van der Waals surface area contributed by atoms with Gasteiger partial charge in [0.15, 0.2) is 5.13 Å². The number of oxime groups is 1. The highest BCUT2D eigenvalue weighted by atomic mass is 32.2. The third kappa shape index (κ3) is 5.56. The van der Waals surface area contributed by atoms with E-state index in [1.807, 2.05) is 6.07 Å². The number of esters is 1. The van der Waals surface area contributed by atoms with Gasteiger partial charge in [-0.15, -0.1) is 0 Å². The van der Waals surface area contributed by atoms with Crippen LogP contribution in [0.3, 0.4) is 0 Å². The number of fused-ring (bicyclic) bond motifs is 1. The third-order valence-corrected chi connectivity index (χ3v) is 8.48. The lowest BCUT2D eigenvalue weighted by Gasteiger charge is -2.50. The summed E-state index contributed by atoms with van der Waals surface area (Å²) < 4.78 is 8.86. The maximum atomic E-state index is 13.1. The minimum atomic E-state index is -0.921. The maximum absolute atomic E-state index is 13.1. The Balaban J connectivity index is 1.54. The number of allylic oxidation sites excluding steroid dienone is 1. The predicted molar refractivity (Wildman–Crippen MR) is 139 cm³/mol. The zero-order chi connectivity index (χ0) is 26.5. The Kier molecular flexibility index (Phi) is 8.63. The average molecular weight is 565 g/mol. The molecule has 16 heteroatoms. The van der Waals surface area contributed by atoms with Gasteiger partial charge in [0.25, 0.3) is 11.8 Å². The SMILES string of the molecule is COC(=O)C1=C(Sc2ccncc2CSCCN)CCC2C(NC(=O)/C(=N\O)c3nsc(N)n3)C(=O)N12. The van der Waals surface area contributed by atoms with Crippen molar-refractivity contribution < 1.29 is 24.3 Å². The van der Waals surface area contributed by atoms with E-state index in [0.29, 0.717) is 30.0 Å².